The number of thioether (sulfide) groups is 2. The van der Waals surface area contributed by atoms with Gasteiger partial charge in [-0.25, -0.2) is 4.68 Å². The van der Waals surface area contributed by atoms with Crippen LogP contribution in [0, 0.1) is 11.3 Å². The summed E-state index contributed by atoms with van der Waals surface area (Å²) in [6, 6.07) is 3.01. The van der Waals surface area contributed by atoms with E-state index in [0.29, 0.717) is 6.07 Å². The van der Waals surface area contributed by atoms with Crippen LogP contribution in [0.1, 0.15) is 24.6 Å². The molecule has 0 spiro atoms. The summed E-state index contributed by atoms with van der Waals surface area (Å²) in [6.45, 7) is 1.65. The first kappa shape index (κ1) is 24.6. The molecule has 0 fully saturated rings. The molecule has 2 aromatic rings. The molecule has 0 saturated heterocycles. The topological polar surface area (TPSA) is 53.6 Å². The molecule has 1 aromatic heterocycles. The Morgan fingerprint density at radius 1 is 1.30 bits per heavy atom. The first-order chi connectivity index (χ1) is 13.8. The van der Waals surface area contributed by atoms with Crippen molar-refractivity contribution in [1.82, 2.24) is 9.78 Å². The molecule has 162 valence electrons. The second-order valence-electron chi connectivity index (χ2n) is 5.51. The van der Waals surface area contributed by atoms with Crippen molar-refractivity contribution in [2.24, 2.45) is 0 Å². The van der Waals surface area contributed by atoms with Gasteiger partial charge >= 0.3 is 11.7 Å². The Labute approximate surface area is 185 Å². The van der Waals surface area contributed by atoms with Gasteiger partial charge in [0.1, 0.15) is 11.9 Å². The Hall–Kier alpha value is -1.62. The van der Waals surface area contributed by atoms with Gasteiger partial charge in [0, 0.05) is 4.90 Å². The van der Waals surface area contributed by atoms with Gasteiger partial charge in [0.05, 0.1) is 26.2 Å². The number of thiocarbonyl (C=S) groups is 1. The summed E-state index contributed by atoms with van der Waals surface area (Å²) in [5.74, 6) is -0.308. The van der Waals surface area contributed by atoms with E-state index >= 15 is 0 Å². The molecule has 2 rings (SSSR count). The molecule has 30 heavy (non-hydrogen) atoms. The predicted molar refractivity (Wildman–Crippen MR) is 108 cm³/mol. The number of hydrogen-bond donors (Lipinski definition) is 1. The highest BCUT2D eigenvalue weighted by atomic mass is 35.5. The van der Waals surface area contributed by atoms with Crippen LogP contribution in [0.5, 0.6) is 0 Å². The minimum Gasteiger partial charge on any atom is -0.334 e. The third kappa shape index (κ3) is 5.54. The van der Waals surface area contributed by atoms with Crippen LogP contribution >= 0.6 is 47.3 Å². The van der Waals surface area contributed by atoms with Crippen LogP contribution in [0.15, 0.2) is 21.9 Å². The lowest BCUT2D eigenvalue weighted by Crippen LogP contribution is -2.14. The highest BCUT2D eigenvalue weighted by Gasteiger charge is 2.36. The van der Waals surface area contributed by atoms with E-state index in [4.69, 9.17) is 23.8 Å². The van der Waals surface area contributed by atoms with Crippen molar-refractivity contribution in [1.29, 1.82) is 5.26 Å². The highest BCUT2D eigenvalue weighted by Crippen LogP contribution is 2.45. The minimum atomic E-state index is -4.75. The molecule has 0 radical (unpaired) electrons. The van der Waals surface area contributed by atoms with Crippen molar-refractivity contribution in [2.45, 2.75) is 34.8 Å². The molecule has 0 saturated carbocycles. The number of halogens is 7. The van der Waals surface area contributed by atoms with Crippen molar-refractivity contribution in [2.75, 3.05) is 11.6 Å². The zero-order chi connectivity index (χ0) is 22.9. The largest absolute Gasteiger partial charge is 0.446 e. The molecule has 0 bridgehead atoms. The van der Waals surface area contributed by atoms with E-state index in [9.17, 15) is 31.6 Å². The van der Waals surface area contributed by atoms with Gasteiger partial charge in [0.25, 0.3) is 0 Å². The first-order valence-corrected chi connectivity index (χ1v) is 10.7. The Kier molecular flexibility index (Phi) is 7.60. The van der Waals surface area contributed by atoms with Crippen molar-refractivity contribution >= 4 is 58.1 Å². The van der Waals surface area contributed by atoms with E-state index in [2.05, 4.69) is 10.4 Å². The van der Waals surface area contributed by atoms with Crippen LogP contribution in [0.3, 0.4) is 0 Å². The molecule has 1 N–H and O–H groups in total. The Morgan fingerprint density at radius 3 is 2.40 bits per heavy atom. The highest BCUT2D eigenvalue weighted by molar-refractivity contribution is 8.00. The lowest BCUT2D eigenvalue weighted by atomic mass is 10.2. The molecule has 0 amide bonds. The van der Waals surface area contributed by atoms with Gasteiger partial charge in [-0.15, -0.1) is 11.8 Å². The smallest absolute Gasteiger partial charge is 0.334 e. The fraction of sp³-hybridized carbons (Fsp3) is 0.312. The zero-order valence-electron chi connectivity index (χ0n) is 15.1. The summed E-state index contributed by atoms with van der Waals surface area (Å²) in [7, 11) is 0. The zero-order valence-corrected chi connectivity index (χ0v) is 18.3. The number of nitrogens with one attached hydrogen (secondary N) is 1. The van der Waals surface area contributed by atoms with Crippen LogP contribution in [0.25, 0.3) is 5.69 Å². The van der Waals surface area contributed by atoms with E-state index in [1.54, 1.807) is 13.0 Å². The van der Waals surface area contributed by atoms with Gasteiger partial charge in [-0.3, -0.25) is 0 Å². The number of hydrogen-bond acceptors (Lipinski definition) is 5. The maximum absolute atomic E-state index is 13.1. The van der Waals surface area contributed by atoms with Crippen molar-refractivity contribution < 1.29 is 26.3 Å². The maximum Gasteiger partial charge on any atom is 0.446 e. The maximum atomic E-state index is 13.1. The van der Waals surface area contributed by atoms with Gasteiger partial charge in [0.2, 0.25) is 0 Å². The molecular formula is C16H11ClF6N4S3. The third-order valence-corrected chi connectivity index (χ3v) is 5.78. The van der Waals surface area contributed by atoms with Crippen LogP contribution in [-0.4, -0.2) is 26.5 Å². The van der Waals surface area contributed by atoms with E-state index in [1.807, 2.05) is 0 Å². The lowest BCUT2D eigenvalue weighted by molar-refractivity contribution is -0.137. The molecule has 0 aliphatic rings. The van der Waals surface area contributed by atoms with Crippen LogP contribution in [0.2, 0.25) is 5.02 Å². The van der Waals surface area contributed by atoms with Crippen molar-refractivity contribution in [3.8, 4) is 11.8 Å². The van der Waals surface area contributed by atoms with Crippen molar-refractivity contribution in [3.63, 3.8) is 0 Å². The summed E-state index contributed by atoms with van der Waals surface area (Å²) in [5, 5.41) is 15.3. The van der Waals surface area contributed by atoms with Gasteiger partial charge < -0.3 is 5.32 Å². The first-order valence-electron chi connectivity index (χ1n) is 7.86. The van der Waals surface area contributed by atoms with Crippen LogP contribution < -0.4 is 5.32 Å². The third-order valence-electron chi connectivity index (χ3n) is 3.53. The van der Waals surface area contributed by atoms with Gasteiger partial charge in [-0.2, -0.15) is 36.7 Å². The van der Waals surface area contributed by atoms with Gasteiger partial charge in [0.15, 0.2) is 5.69 Å². The summed E-state index contributed by atoms with van der Waals surface area (Å²) >= 11 is 11.4. The summed E-state index contributed by atoms with van der Waals surface area (Å²) in [5.41, 5.74) is -6.47. The monoisotopic (exact) mass is 504 g/mol. The Morgan fingerprint density at radius 2 is 1.93 bits per heavy atom. The number of nitrogens with zero attached hydrogens (tertiary/aromatic N) is 3. The summed E-state index contributed by atoms with van der Waals surface area (Å²) < 4.78 is 79.5. The van der Waals surface area contributed by atoms with E-state index in [1.165, 1.54) is 6.26 Å². The SMILES string of the molecule is CCC(=S)Nc1c(SC(F)(F)F)c(C#N)nn1-c1c(Cl)cc(C(F)(F)F)cc1SC. The number of aromatic nitrogens is 2. The molecule has 0 atom stereocenters. The fourth-order valence-electron chi connectivity index (χ4n) is 2.28. The number of alkyl halides is 6. The number of anilines is 1. The molecule has 0 aliphatic carbocycles. The minimum absolute atomic E-state index is 0.00385. The van der Waals surface area contributed by atoms with Crippen LogP contribution in [0.4, 0.5) is 32.2 Å². The standard InChI is InChI=1S/C16H11ClF6N4S3/c1-3-11(28)25-14-13(30-16(21,22)23)9(6-24)26-27(14)12-8(17)4-7(15(18,19)20)5-10(12)29-2/h4-5H,3H2,1-2H3,(H,25,28). The van der Waals surface area contributed by atoms with Gasteiger partial charge in [-0.1, -0.05) is 30.7 Å². The number of nitriles is 1. The Bertz CT molecular complexity index is 1010. The van der Waals surface area contributed by atoms with Crippen molar-refractivity contribution in [3.05, 3.63) is 28.4 Å². The number of benzene rings is 1. The average molecular weight is 505 g/mol. The second kappa shape index (κ2) is 9.25. The van der Waals surface area contributed by atoms with Crippen LogP contribution in [-0.2, 0) is 6.18 Å². The second-order valence-corrected chi connectivity index (χ2v) is 8.33. The fourth-order valence-corrected chi connectivity index (χ4v) is 4.02. The van der Waals surface area contributed by atoms with E-state index < -0.39 is 44.6 Å². The normalized spacial score (nSPS) is 12.0. The predicted octanol–water partition coefficient (Wildman–Crippen LogP) is 6.90. The molecule has 0 aliphatic heterocycles. The van der Waals surface area contributed by atoms with E-state index in [0.717, 1.165) is 22.5 Å². The van der Waals surface area contributed by atoms with Gasteiger partial charge in [-0.05, 0) is 36.6 Å². The summed E-state index contributed by atoms with van der Waals surface area (Å²) in [6.07, 6.45) is -2.95. The molecule has 1 heterocycles. The number of rotatable bonds is 5. The van der Waals surface area contributed by atoms with E-state index in [-0.39, 0.29) is 27.8 Å². The molecular weight excluding hydrogens is 494 g/mol. The average Bonchev–Trinajstić information content (AvgIpc) is 2.95. The molecule has 4 nitrogen and oxygen atoms in total. The molecule has 1 aromatic carbocycles. The quantitative estimate of drug-likeness (QED) is 0.271. The Balaban J connectivity index is 2.84. The summed E-state index contributed by atoms with van der Waals surface area (Å²) in [4.78, 5) is -0.432. The molecule has 0 unspecified atom stereocenters. The molecule has 14 heteroatoms. The lowest BCUT2D eigenvalue weighted by Gasteiger charge is -2.17.